The zero-order valence-electron chi connectivity index (χ0n) is 8.25. The molecule has 1 fully saturated rings. The molecular formula is C10H6BrClN2O2S. The first-order valence-corrected chi connectivity index (χ1v) is 6.43. The maximum absolute atomic E-state index is 11.4. The van der Waals surface area contributed by atoms with E-state index in [1.54, 1.807) is 12.1 Å². The molecule has 1 amide bonds. The van der Waals surface area contributed by atoms with E-state index in [4.69, 9.17) is 17.0 Å². The Kier molecular flexibility index (Phi) is 3.46. The molecule has 1 aliphatic rings. The molecule has 0 atom stereocenters. The Morgan fingerprint density at radius 2 is 2.24 bits per heavy atom. The van der Waals surface area contributed by atoms with Crippen LogP contribution >= 0.6 is 39.3 Å². The molecule has 1 aliphatic heterocycles. The zero-order chi connectivity index (χ0) is 12.6. The van der Waals surface area contributed by atoms with Gasteiger partial charge in [0.25, 0.3) is 5.91 Å². The third-order valence-electron chi connectivity index (χ3n) is 2.01. The maximum atomic E-state index is 11.4. The fraction of sp³-hybridized carbons (Fsp3) is 0. The molecular weight excluding hydrogens is 328 g/mol. The highest BCUT2D eigenvalue weighted by Gasteiger charge is 2.22. The molecule has 88 valence electrons. The van der Waals surface area contributed by atoms with E-state index < -0.39 is 0 Å². The Labute approximate surface area is 115 Å². The summed E-state index contributed by atoms with van der Waals surface area (Å²) in [6, 6.07) is 3.10. The predicted molar refractivity (Wildman–Crippen MR) is 72.3 cm³/mol. The van der Waals surface area contributed by atoms with E-state index in [1.807, 2.05) is 0 Å². The van der Waals surface area contributed by atoms with Crippen LogP contribution in [-0.2, 0) is 4.79 Å². The molecule has 2 rings (SSSR count). The van der Waals surface area contributed by atoms with Gasteiger partial charge in [0.15, 0.2) is 5.17 Å². The van der Waals surface area contributed by atoms with Crippen LogP contribution in [0.1, 0.15) is 5.56 Å². The molecule has 0 bridgehead atoms. The number of hydrogen-bond acceptors (Lipinski definition) is 4. The van der Waals surface area contributed by atoms with E-state index in [2.05, 4.69) is 21.2 Å². The third kappa shape index (κ3) is 2.65. The van der Waals surface area contributed by atoms with Crippen LogP contribution in [0, 0.1) is 5.41 Å². The van der Waals surface area contributed by atoms with Crippen LogP contribution in [0.2, 0.25) is 5.02 Å². The van der Waals surface area contributed by atoms with Crippen molar-refractivity contribution in [1.82, 2.24) is 5.32 Å². The fourth-order valence-electron chi connectivity index (χ4n) is 1.28. The van der Waals surface area contributed by atoms with E-state index in [0.29, 0.717) is 20.0 Å². The summed E-state index contributed by atoms with van der Waals surface area (Å²) in [4.78, 5) is 11.7. The number of carbonyl (C=O) groups is 1. The molecule has 3 N–H and O–H groups in total. The summed E-state index contributed by atoms with van der Waals surface area (Å²) in [6.45, 7) is 0. The smallest absolute Gasteiger partial charge is 0.264 e. The molecule has 0 radical (unpaired) electrons. The van der Waals surface area contributed by atoms with Crippen molar-refractivity contribution in [2.24, 2.45) is 0 Å². The molecule has 7 heteroatoms. The number of amides is 1. The van der Waals surface area contributed by atoms with Gasteiger partial charge in [-0.15, -0.1) is 0 Å². The Morgan fingerprint density at radius 1 is 1.53 bits per heavy atom. The van der Waals surface area contributed by atoms with E-state index in [1.165, 1.54) is 6.08 Å². The summed E-state index contributed by atoms with van der Waals surface area (Å²) in [5.74, 6) is -0.343. The largest absolute Gasteiger partial charge is 0.506 e. The molecule has 0 saturated carbocycles. The van der Waals surface area contributed by atoms with E-state index in [0.717, 1.165) is 11.8 Å². The highest BCUT2D eigenvalue weighted by Crippen LogP contribution is 2.35. The summed E-state index contributed by atoms with van der Waals surface area (Å²) in [7, 11) is 0. The number of halogens is 2. The SMILES string of the molecule is N=C1NC(=O)C(=Cc2cc(Cl)cc(Br)c2O)S1. The van der Waals surface area contributed by atoms with Crippen LogP contribution in [0.15, 0.2) is 21.5 Å². The average molecular weight is 334 g/mol. The van der Waals surface area contributed by atoms with Gasteiger partial charge in [-0.3, -0.25) is 10.2 Å². The molecule has 1 aromatic carbocycles. The van der Waals surface area contributed by atoms with Crippen LogP contribution in [0.3, 0.4) is 0 Å². The summed E-state index contributed by atoms with van der Waals surface area (Å²) >= 11 is 10.0. The van der Waals surface area contributed by atoms with Crippen LogP contribution < -0.4 is 5.32 Å². The topological polar surface area (TPSA) is 73.2 Å². The lowest BCUT2D eigenvalue weighted by Crippen LogP contribution is -2.18. The second-order valence-corrected chi connectivity index (χ2v) is 5.56. The van der Waals surface area contributed by atoms with Crippen LogP contribution in [0.25, 0.3) is 6.08 Å². The van der Waals surface area contributed by atoms with Crippen molar-refractivity contribution in [3.8, 4) is 5.75 Å². The lowest BCUT2D eigenvalue weighted by molar-refractivity contribution is -0.115. The van der Waals surface area contributed by atoms with E-state index in [9.17, 15) is 9.90 Å². The van der Waals surface area contributed by atoms with Gasteiger partial charge in [-0.05, 0) is 45.9 Å². The Morgan fingerprint density at radius 3 is 2.82 bits per heavy atom. The summed E-state index contributed by atoms with van der Waals surface area (Å²) in [6.07, 6.45) is 1.49. The van der Waals surface area contributed by atoms with Gasteiger partial charge in [-0.1, -0.05) is 11.6 Å². The first-order valence-electron chi connectivity index (χ1n) is 4.45. The van der Waals surface area contributed by atoms with Crippen molar-refractivity contribution in [3.05, 3.63) is 32.1 Å². The number of aromatic hydroxyl groups is 1. The van der Waals surface area contributed by atoms with Crippen molar-refractivity contribution in [3.63, 3.8) is 0 Å². The van der Waals surface area contributed by atoms with Gasteiger partial charge in [0.2, 0.25) is 0 Å². The van der Waals surface area contributed by atoms with Crippen LogP contribution in [-0.4, -0.2) is 16.2 Å². The second kappa shape index (κ2) is 4.72. The quantitative estimate of drug-likeness (QED) is 0.692. The number of carbonyl (C=O) groups excluding carboxylic acids is 1. The number of benzene rings is 1. The normalized spacial score (nSPS) is 17.6. The lowest BCUT2D eigenvalue weighted by Gasteiger charge is -2.03. The molecule has 1 saturated heterocycles. The highest BCUT2D eigenvalue weighted by atomic mass is 79.9. The molecule has 0 aromatic heterocycles. The number of phenols is 1. The standard InChI is InChI=1S/C10H6BrClN2O2S/c11-6-3-5(12)1-4(8(6)15)2-7-9(16)14-10(13)17-7/h1-3,15H,(H2,13,14,16). The van der Waals surface area contributed by atoms with Gasteiger partial charge in [-0.2, -0.15) is 0 Å². The van der Waals surface area contributed by atoms with Gasteiger partial charge >= 0.3 is 0 Å². The lowest BCUT2D eigenvalue weighted by atomic mass is 10.2. The van der Waals surface area contributed by atoms with Crippen molar-refractivity contribution in [2.75, 3.05) is 0 Å². The minimum atomic E-state index is -0.351. The number of hydrogen-bond donors (Lipinski definition) is 3. The Bertz CT molecular complexity index is 559. The van der Waals surface area contributed by atoms with Gasteiger partial charge in [-0.25, -0.2) is 0 Å². The van der Waals surface area contributed by atoms with E-state index >= 15 is 0 Å². The number of phenolic OH excluding ortho intramolecular Hbond substituents is 1. The van der Waals surface area contributed by atoms with E-state index in [-0.39, 0.29) is 16.8 Å². The van der Waals surface area contributed by atoms with Gasteiger partial charge in [0, 0.05) is 10.6 Å². The molecule has 1 aromatic rings. The van der Waals surface area contributed by atoms with Crippen LogP contribution in [0.4, 0.5) is 0 Å². The molecule has 4 nitrogen and oxygen atoms in total. The molecule has 1 heterocycles. The fourth-order valence-corrected chi connectivity index (χ4v) is 2.81. The predicted octanol–water partition coefficient (Wildman–Crippen LogP) is 2.95. The minimum Gasteiger partial charge on any atom is -0.506 e. The molecule has 17 heavy (non-hydrogen) atoms. The van der Waals surface area contributed by atoms with Crippen molar-refractivity contribution in [2.45, 2.75) is 0 Å². The average Bonchev–Trinajstić information content (AvgIpc) is 2.53. The number of amidine groups is 1. The monoisotopic (exact) mass is 332 g/mol. The Balaban J connectivity index is 2.46. The first kappa shape index (κ1) is 12.5. The first-order chi connectivity index (χ1) is 7.97. The minimum absolute atomic E-state index is 0.00808. The summed E-state index contributed by atoms with van der Waals surface area (Å²) < 4.78 is 0.454. The van der Waals surface area contributed by atoms with Crippen molar-refractivity contribution >= 4 is 56.4 Å². The third-order valence-corrected chi connectivity index (χ3v) is 3.66. The van der Waals surface area contributed by atoms with Crippen molar-refractivity contribution < 1.29 is 9.90 Å². The second-order valence-electron chi connectivity index (χ2n) is 3.22. The number of nitrogens with one attached hydrogen (secondary N) is 2. The summed E-state index contributed by atoms with van der Waals surface area (Å²) in [5.41, 5.74) is 0.428. The molecule has 0 unspecified atom stereocenters. The van der Waals surface area contributed by atoms with Gasteiger partial charge in [0.1, 0.15) is 5.75 Å². The Hall–Kier alpha value is -0.980. The van der Waals surface area contributed by atoms with Gasteiger partial charge < -0.3 is 10.4 Å². The highest BCUT2D eigenvalue weighted by molar-refractivity contribution is 9.10. The molecule has 0 aliphatic carbocycles. The van der Waals surface area contributed by atoms with Crippen LogP contribution in [0.5, 0.6) is 5.75 Å². The maximum Gasteiger partial charge on any atom is 0.264 e. The zero-order valence-corrected chi connectivity index (χ0v) is 11.4. The van der Waals surface area contributed by atoms with Crippen molar-refractivity contribution in [1.29, 1.82) is 5.41 Å². The molecule has 0 spiro atoms. The number of rotatable bonds is 1. The number of thioether (sulfide) groups is 1. The summed E-state index contributed by atoms with van der Waals surface area (Å²) in [5, 5.41) is 20.0. The van der Waals surface area contributed by atoms with Gasteiger partial charge in [0.05, 0.1) is 9.38 Å².